The van der Waals surface area contributed by atoms with Gasteiger partial charge < -0.3 is 0 Å². The summed E-state index contributed by atoms with van der Waals surface area (Å²) < 4.78 is 0. The van der Waals surface area contributed by atoms with Crippen LogP contribution < -0.4 is 0 Å². The van der Waals surface area contributed by atoms with Gasteiger partial charge in [-0.3, -0.25) is 0 Å². The molecule has 0 N–H and O–H groups in total. The Hall–Kier alpha value is 0.920. The summed E-state index contributed by atoms with van der Waals surface area (Å²) in [6.07, 6.45) is 4.02. The first-order valence-electron chi connectivity index (χ1n) is 0.983. The fraction of sp³-hybridized carbons (Fsp3) is 1.00. The van der Waals surface area contributed by atoms with Gasteiger partial charge in [0, 0.05) is 0 Å². The molecular formula is C2H8S3. The third kappa shape index (κ3) is 49.6. The SMILES string of the molecule is CS(C)=S.S. The molecule has 0 rings (SSSR count). The molecule has 0 aliphatic rings. The Morgan fingerprint density at radius 1 is 1.40 bits per heavy atom. The molecule has 0 bridgehead atoms. The molecule has 0 aromatic rings. The van der Waals surface area contributed by atoms with Crippen molar-refractivity contribution < 1.29 is 0 Å². The maximum atomic E-state index is 4.65. The number of rotatable bonds is 0. The van der Waals surface area contributed by atoms with Crippen LogP contribution >= 0.6 is 13.5 Å². The van der Waals surface area contributed by atoms with E-state index in [0.717, 1.165) is 0 Å². The molecule has 0 heterocycles. The van der Waals surface area contributed by atoms with Crippen molar-refractivity contribution in [3.05, 3.63) is 0 Å². The fourth-order valence-corrected chi connectivity index (χ4v) is 0. The maximum absolute atomic E-state index is 4.65. The lowest BCUT2D eigenvalue weighted by atomic mass is 11.9. The molecule has 0 aromatic heterocycles. The van der Waals surface area contributed by atoms with Crippen molar-refractivity contribution in [3.63, 3.8) is 0 Å². The second kappa shape index (κ2) is 4.92. The highest BCUT2D eigenvalue weighted by Crippen LogP contribution is 1.50. The zero-order valence-electron chi connectivity index (χ0n) is 3.32. The molecule has 0 amide bonds. The van der Waals surface area contributed by atoms with Gasteiger partial charge in [-0.1, -0.05) is 11.2 Å². The Morgan fingerprint density at radius 2 is 1.40 bits per heavy atom. The molecule has 0 saturated heterocycles. The minimum Gasteiger partial charge on any atom is -0.197 e. The summed E-state index contributed by atoms with van der Waals surface area (Å²) in [5, 5.41) is 0. The Bertz CT molecular complexity index is 27.9. The smallest absolute Gasteiger partial charge is 0.0140 e. The van der Waals surface area contributed by atoms with E-state index in [1.165, 1.54) is 0 Å². The minimum atomic E-state index is 0. The van der Waals surface area contributed by atoms with Crippen LogP contribution in [0.25, 0.3) is 0 Å². The summed E-state index contributed by atoms with van der Waals surface area (Å²) in [6.45, 7) is 0. The third-order valence-electron chi connectivity index (χ3n) is 0. The van der Waals surface area contributed by atoms with Crippen LogP contribution in [0, 0.1) is 0 Å². The van der Waals surface area contributed by atoms with Gasteiger partial charge in [0.25, 0.3) is 0 Å². The highest BCUT2D eigenvalue weighted by atomic mass is 32.8. The Kier molecular flexibility index (Phi) is 9.18. The zero-order valence-corrected chi connectivity index (χ0v) is 5.95. The quantitative estimate of drug-likeness (QED) is 0.456. The molecule has 0 atom stereocenters. The standard InChI is InChI=1S/C2H6S2.H2S/c1-4(2)3;/h1-2H3;1H2. The first-order valence-corrected chi connectivity index (χ1v) is 3.95. The van der Waals surface area contributed by atoms with Gasteiger partial charge in [0.2, 0.25) is 0 Å². The Morgan fingerprint density at radius 3 is 1.40 bits per heavy atom. The zero-order chi connectivity index (χ0) is 3.58. The molecule has 0 spiro atoms. The van der Waals surface area contributed by atoms with Crippen LogP contribution in [0.1, 0.15) is 0 Å². The normalized spacial score (nSPS) is 7.00. The molecule has 34 valence electrons. The molecule has 0 unspecified atom stereocenters. The molecule has 0 aromatic carbocycles. The van der Waals surface area contributed by atoms with E-state index in [-0.39, 0.29) is 22.9 Å². The lowest BCUT2D eigenvalue weighted by molar-refractivity contribution is 2.35. The molecule has 0 fully saturated rings. The summed E-state index contributed by atoms with van der Waals surface area (Å²) in [5.74, 6) is 0. The summed E-state index contributed by atoms with van der Waals surface area (Å²) >= 11 is 4.65. The second-order valence-electron chi connectivity index (χ2n) is 0.742. The largest absolute Gasteiger partial charge is 0.197 e. The van der Waals surface area contributed by atoms with Crippen molar-refractivity contribution in [2.75, 3.05) is 12.5 Å². The van der Waals surface area contributed by atoms with Crippen LogP contribution in [0.5, 0.6) is 0 Å². The Labute approximate surface area is 47.0 Å². The van der Waals surface area contributed by atoms with Crippen LogP contribution in [0.2, 0.25) is 0 Å². The van der Waals surface area contributed by atoms with Gasteiger partial charge in [-0.05, 0) is 12.5 Å². The van der Waals surface area contributed by atoms with Crippen LogP contribution in [0.4, 0.5) is 0 Å². The molecule has 0 nitrogen and oxygen atoms in total. The van der Waals surface area contributed by atoms with Crippen molar-refractivity contribution in [2.45, 2.75) is 0 Å². The van der Waals surface area contributed by atoms with Crippen molar-refractivity contribution >= 4 is 34.1 Å². The fourth-order valence-electron chi connectivity index (χ4n) is 0. The van der Waals surface area contributed by atoms with Crippen LogP contribution in [-0.2, 0) is 20.6 Å². The van der Waals surface area contributed by atoms with Gasteiger partial charge in [0.15, 0.2) is 0 Å². The summed E-state index contributed by atoms with van der Waals surface area (Å²) in [7, 11) is 0.222. The van der Waals surface area contributed by atoms with Crippen molar-refractivity contribution in [3.8, 4) is 0 Å². The molecule has 5 heavy (non-hydrogen) atoms. The van der Waals surface area contributed by atoms with E-state index < -0.39 is 0 Å². The predicted molar refractivity (Wildman–Crippen MR) is 37.0 cm³/mol. The van der Waals surface area contributed by atoms with Crippen molar-refractivity contribution in [1.82, 2.24) is 0 Å². The van der Waals surface area contributed by atoms with E-state index in [4.69, 9.17) is 0 Å². The van der Waals surface area contributed by atoms with E-state index in [1.54, 1.807) is 0 Å². The molecule has 0 aliphatic carbocycles. The van der Waals surface area contributed by atoms with Gasteiger partial charge in [-0.25, -0.2) is 0 Å². The maximum Gasteiger partial charge on any atom is -0.0140 e. The highest BCUT2D eigenvalue weighted by molar-refractivity contribution is 8.28. The molecule has 0 radical (unpaired) electrons. The minimum absolute atomic E-state index is 0. The first kappa shape index (κ1) is 9.33. The van der Waals surface area contributed by atoms with Gasteiger partial charge in [-0.2, -0.15) is 13.5 Å². The topological polar surface area (TPSA) is 0 Å². The van der Waals surface area contributed by atoms with Crippen LogP contribution in [0.15, 0.2) is 0 Å². The van der Waals surface area contributed by atoms with E-state index in [9.17, 15) is 0 Å². The molecule has 0 aliphatic heterocycles. The van der Waals surface area contributed by atoms with Crippen molar-refractivity contribution in [2.24, 2.45) is 0 Å². The number of hydrogen-bond acceptors (Lipinski definition) is 1. The van der Waals surface area contributed by atoms with E-state index in [2.05, 4.69) is 11.2 Å². The lowest BCUT2D eigenvalue weighted by Crippen LogP contribution is -1.67. The summed E-state index contributed by atoms with van der Waals surface area (Å²) in [6, 6.07) is 0. The van der Waals surface area contributed by atoms with Gasteiger partial charge >= 0.3 is 0 Å². The van der Waals surface area contributed by atoms with Gasteiger partial charge in [0.05, 0.1) is 0 Å². The van der Waals surface area contributed by atoms with Crippen LogP contribution in [-0.4, -0.2) is 12.5 Å². The van der Waals surface area contributed by atoms with E-state index >= 15 is 0 Å². The molecule has 0 saturated carbocycles. The molecule has 3 heteroatoms. The summed E-state index contributed by atoms with van der Waals surface area (Å²) in [5.41, 5.74) is 0. The van der Waals surface area contributed by atoms with Gasteiger partial charge in [0.1, 0.15) is 0 Å². The highest BCUT2D eigenvalue weighted by Gasteiger charge is 1.51. The van der Waals surface area contributed by atoms with E-state index in [1.807, 2.05) is 12.5 Å². The van der Waals surface area contributed by atoms with Crippen LogP contribution in [0.3, 0.4) is 0 Å². The Balaban J connectivity index is 0. The average Bonchev–Trinajstić information content (AvgIpc) is 0.811. The molecular weight excluding hydrogens is 120 g/mol. The third-order valence-corrected chi connectivity index (χ3v) is 0. The lowest BCUT2D eigenvalue weighted by Gasteiger charge is -1.66. The second-order valence-corrected chi connectivity index (χ2v) is 4.22. The van der Waals surface area contributed by atoms with Gasteiger partial charge in [-0.15, -0.1) is 9.45 Å². The first-order chi connectivity index (χ1) is 1.73. The van der Waals surface area contributed by atoms with E-state index in [0.29, 0.717) is 0 Å². The monoisotopic (exact) mass is 128 g/mol. The average molecular weight is 128 g/mol. The number of hydrogen-bond donors (Lipinski definition) is 0. The predicted octanol–water partition coefficient (Wildman–Crippen LogP) is 0.439. The summed E-state index contributed by atoms with van der Waals surface area (Å²) in [4.78, 5) is 0. The van der Waals surface area contributed by atoms with Crippen molar-refractivity contribution in [1.29, 1.82) is 0 Å².